The Morgan fingerprint density at radius 2 is 1.80 bits per heavy atom. The van der Waals surface area contributed by atoms with Crippen LogP contribution >= 0.6 is 11.6 Å². The van der Waals surface area contributed by atoms with Gasteiger partial charge in [-0.25, -0.2) is 0 Å². The maximum absolute atomic E-state index is 12.8. The molecule has 2 aromatic heterocycles. The van der Waals surface area contributed by atoms with Crippen molar-refractivity contribution in [3.63, 3.8) is 0 Å². The number of aliphatic carboxylic acids is 1. The molecule has 1 aliphatic heterocycles. The number of halogens is 1. The number of carboxylic acid groups (broad SMARTS) is 1. The maximum atomic E-state index is 12.8. The molecule has 0 fully saturated rings. The number of hydrogen-bond donors (Lipinski definition) is 1. The molecular formula is C28H22ClN4NaO7. The number of carboxylic acids is 1. The topological polar surface area (TPSA) is 145 Å². The third-order valence-electron chi connectivity index (χ3n) is 6.15. The van der Waals surface area contributed by atoms with Gasteiger partial charge in [0.2, 0.25) is 11.8 Å². The van der Waals surface area contributed by atoms with Crippen LogP contribution in [0.2, 0.25) is 5.02 Å². The van der Waals surface area contributed by atoms with Gasteiger partial charge in [-0.05, 0) is 55.0 Å². The first-order valence-electron chi connectivity index (χ1n) is 12.1. The van der Waals surface area contributed by atoms with Crippen molar-refractivity contribution in [1.29, 1.82) is 0 Å². The normalized spacial score (nSPS) is 13.6. The molecule has 1 unspecified atom stereocenters. The molecule has 1 aliphatic rings. The zero-order chi connectivity index (χ0) is 28.2. The summed E-state index contributed by atoms with van der Waals surface area (Å²) in [5.74, 6) is -0.302. The Morgan fingerprint density at radius 3 is 2.46 bits per heavy atom. The summed E-state index contributed by atoms with van der Waals surface area (Å²) in [4.78, 5) is 28.4. The van der Waals surface area contributed by atoms with Gasteiger partial charge in [-0.1, -0.05) is 11.6 Å². The van der Waals surface area contributed by atoms with Crippen molar-refractivity contribution in [2.24, 2.45) is 0 Å². The van der Waals surface area contributed by atoms with E-state index >= 15 is 0 Å². The number of nitrogens with zero attached hydrogens (tertiary/aromatic N) is 3. The van der Waals surface area contributed by atoms with Crippen LogP contribution in [-0.2, 0) is 4.79 Å². The minimum atomic E-state index is -1.18. The van der Waals surface area contributed by atoms with Gasteiger partial charge in [-0.15, -0.1) is 10.2 Å². The zero-order valence-electron chi connectivity index (χ0n) is 22.3. The van der Waals surface area contributed by atoms with E-state index in [4.69, 9.17) is 30.5 Å². The van der Waals surface area contributed by atoms with Crippen molar-refractivity contribution < 1.29 is 63.2 Å². The number of anilines is 1. The van der Waals surface area contributed by atoms with Crippen molar-refractivity contribution in [1.82, 2.24) is 15.2 Å². The monoisotopic (exact) mass is 584 g/mol. The standard InChI is InChI=1S/C28H23ClN4O7.Na/c1-37-25-10-7-18(27(31-25)38-2)21-8-9-24(33-32-21)30-26(34)15-3-5-16(6-4-15)40-23-14-22-19(13-20(23)29)17(28(35)36)11-12-39-22;/h3-10,13-14,17H,11-12H2,1-2H3,(H,35,36)(H,30,33,34);/q;+1/p-1. The van der Waals surface area contributed by atoms with Crippen LogP contribution in [0.15, 0.2) is 60.7 Å². The molecule has 4 aromatic rings. The number of pyridine rings is 1. The number of rotatable bonds is 8. The minimum absolute atomic E-state index is 0. The number of carbonyl (C=O) groups excluding carboxylic acids is 2. The first-order chi connectivity index (χ1) is 19.4. The SMILES string of the molecule is COc1ccc(-c2ccc(NC(=O)c3ccc(Oc4cc5c(cc4Cl)C(C(=O)[O-])CCO5)cc3)nn2)c(OC)n1.[Na+]. The van der Waals surface area contributed by atoms with Crippen LogP contribution in [-0.4, -0.2) is 47.9 Å². The van der Waals surface area contributed by atoms with E-state index < -0.39 is 17.8 Å². The van der Waals surface area contributed by atoms with Gasteiger partial charge in [0.25, 0.3) is 5.91 Å². The third-order valence-corrected chi connectivity index (χ3v) is 6.45. The molecule has 0 radical (unpaired) electrons. The van der Waals surface area contributed by atoms with Crippen molar-refractivity contribution in [2.45, 2.75) is 12.3 Å². The van der Waals surface area contributed by atoms with E-state index in [1.54, 1.807) is 54.6 Å². The van der Waals surface area contributed by atoms with Crippen molar-refractivity contribution in [3.05, 3.63) is 76.8 Å². The molecular weight excluding hydrogens is 563 g/mol. The molecule has 0 aliphatic carbocycles. The van der Waals surface area contributed by atoms with Crippen molar-refractivity contribution in [2.75, 3.05) is 26.1 Å². The molecule has 0 bridgehead atoms. The summed E-state index contributed by atoms with van der Waals surface area (Å²) in [7, 11) is 3.00. The summed E-state index contributed by atoms with van der Waals surface area (Å²) in [6, 6.07) is 16.2. The first-order valence-corrected chi connectivity index (χ1v) is 12.4. The van der Waals surface area contributed by atoms with Gasteiger partial charge in [0.05, 0.1) is 37.1 Å². The maximum Gasteiger partial charge on any atom is 1.00 e. The van der Waals surface area contributed by atoms with Crippen LogP contribution in [0.25, 0.3) is 11.3 Å². The van der Waals surface area contributed by atoms with Gasteiger partial charge < -0.3 is 34.2 Å². The molecule has 1 N–H and O–H groups in total. The predicted octanol–water partition coefficient (Wildman–Crippen LogP) is 0.874. The first kappa shape index (κ1) is 30.1. The number of carbonyl (C=O) groups is 2. The summed E-state index contributed by atoms with van der Waals surface area (Å²) in [5.41, 5.74) is 1.93. The predicted molar refractivity (Wildman–Crippen MR) is 142 cm³/mol. The summed E-state index contributed by atoms with van der Waals surface area (Å²) >= 11 is 6.35. The largest absolute Gasteiger partial charge is 1.00 e. The average molecular weight is 585 g/mol. The number of benzene rings is 2. The van der Waals surface area contributed by atoms with Gasteiger partial charge in [0.15, 0.2) is 5.82 Å². The van der Waals surface area contributed by atoms with E-state index in [1.807, 2.05) is 0 Å². The second-order valence-corrected chi connectivity index (χ2v) is 9.03. The molecule has 3 heterocycles. The molecule has 0 spiro atoms. The molecule has 204 valence electrons. The Balaban J connectivity index is 0.00000387. The van der Waals surface area contributed by atoms with Gasteiger partial charge in [0, 0.05) is 35.1 Å². The van der Waals surface area contributed by atoms with Crippen molar-refractivity contribution >= 4 is 29.3 Å². The molecule has 2 aromatic carbocycles. The molecule has 0 saturated heterocycles. The Morgan fingerprint density at radius 1 is 1.02 bits per heavy atom. The van der Waals surface area contributed by atoms with Gasteiger partial charge in [0.1, 0.15) is 17.2 Å². The molecule has 13 heteroatoms. The fourth-order valence-electron chi connectivity index (χ4n) is 4.13. The smallest absolute Gasteiger partial charge is 0.549 e. The van der Waals surface area contributed by atoms with E-state index in [0.29, 0.717) is 52.1 Å². The second kappa shape index (κ2) is 13.2. The Hall–Kier alpha value is -3.90. The second-order valence-electron chi connectivity index (χ2n) is 8.62. The molecule has 1 atom stereocenters. The van der Waals surface area contributed by atoms with Crippen molar-refractivity contribution in [3.8, 4) is 40.3 Å². The van der Waals surface area contributed by atoms with E-state index in [2.05, 4.69) is 20.5 Å². The zero-order valence-corrected chi connectivity index (χ0v) is 25.1. The van der Waals surface area contributed by atoms with E-state index in [-0.39, 0.29) is 52.8 Å². The molecule has 0 saturated carbocycles. The molecule has 5 rings (SSSR count). The Kier molecular flexibility index (Phi) is 9.66. The number of amides is 1. The van der Waals surface area contributed by atoms with E-state index in [1.165, 1.54) is 20.3 Å². The Bertz CT molecular complexity index is 1570. The van der Waals surface area contributed by atoms with Gasteiger partial charge >= 0.3 is 29.6 Å². The number of hydrogen-bond acceptors (Lipinski definition) is 10. The summed E-state index contributed by atoms with van der Waals surface area (Å²) in [5, 5.41) is 22.6. The molecule has 41 heavy (non-hydrogen) atoms. The Labute approximate surface area is 262 Å². The van der Waals surface area contributed by atoms with Crippen LogP contribution in [0.3, 0.4) is 0 Å². The minimum Gasteiger partial charge on any atom is -0.549 e. The van der Waals surface area contributed by atoms with Gasteiger partial charge in [-0.2, -0.15) is 4.98 Å². The number of methoxy groups -OCH3 is 2. The number of fused-ring (bicyclic) bond motifs is 1. The van der Waals surface area contributed by atoms with Gasteiger partial charge in [-0.3, -0.25) is 4.79 Å². The fraction of sp³-hybridized carbons (Fsp3) is 0.179. The van der Waals surface area contributed by atoms with Crippen LogP contribution < -0.4 is 58.9 Å². The van der Waals surface area contributed by atoms with Crippen LogP contribution in [0, 0.1) is 0 Å². The number of nitrogens with one attached hydrogen (secondary N) is 1. The summed E-state index contributed by atoms with van der Waals surface area (Å²) in [6.45, 7) is 0.247. The number of aromatic nitrogens is 3. The molecule has 11 nitrogen and oxygen atoms in total. The molecule has 1 amide bonds. The quantitative estimate of drug-likeness (QED) is 0.296. The van der Waals surface area contributed by atoms with Crippen LogP contribution in [0.5, 0.6) is 29.0 Å². The van der Waals surface area contributed by atoms with E-state index in [0.717, 1.165) is 0 Å². The number of ether oxygens (including phenoxy) is 4. The summed E-state index contributed by atoms with van der Waals surface area (Å²) < 4.78 is 21.9. The average Bonchev–Trinajstić information content (AvgIpc) is 2.97. The third kappa shape index (κ3) is 6.71. The fourth-order valence-corrected chi connectivity index (χ4v) is 4.34. The summed E-state index contributed by atoms with van der Waals surface area (Å²) in [6.07, 6.45) is 0.306. The van der Waals surface area contributed by atoms with Crippen LogP contribution in [0.1, 0.15) is 28.3 Å². The van der Waals surface area contributed by atoms with E-state index in [9.17, 15) is 14.7 Å². The van der Waals surface area contributed by atoms with Crippen LogP contribution in [0.4, 0.5) is 5.82 Å².